The average Bonchev–Trinajstić information content (AvgIpc) is 3.62. The fourth-order valence-electron chi connectivity index (χ4n) is 5.12. The number of nitrogens with one attached hydrogen (secondary N) is 4. The minimum atomic E-state index is -0.440. The molecule has 0 unspecified atom stereocenters. The molecule has 4 amide bonds. The number of hydrogen-bond acceptors (Lipinski definition) is 7. The predicted molar refractivity (Wildman–Crippen MR) is 210 cm³/mol. The van der Waals surface area contributed by atoms with E-state index >= 15 is 0 Å². The van der Waals surface area contributed by atoms with Gasteiger partial charge in [-0.3, -0.25) is 9.59 Å². The van der Waals surface area contributed by atoms with Crippen LogP contribution in [0.3, 0.4) is 0 Å². The van der Waals surface area contributed by atoms with Gasteiger partial charge >= 0.3 is 6.03 Å². The number of likely N-dealkylation sites (N-methyl/N-ethyl adjacent to an activating group) is 1. The number of carbonyl (C=O) groups excluding carboxylic acids is 3. The lowest BCUT2D eigenvalue weighted by atomic mass is 10.1. The van der Waals surface area contributed by atoms with E-state index in [1.807, 2.05) is 68.4 Å². The standard InChI is InChI=1S/C39H46ClN5O4S2/c1-3-34(43-38(47)36-22-21-32(51-36)15-10-13-28-11-6-5-7-12-28)35(27-50-26-30-14-8-9-16-33(30)40)44-45-39(48)42-24-23-29-17-19-31(20-18-29)49-25-37(46)41-4-2/h5-9,11-12,14,16-22,34H,3-4,10,13,15,23-27H2,1-2H3,(H,41,46)(H,43,47)(H2,42,45,48)/b44-35-/t34-/m0/s1. The molecule has 0 spiro atoms. The Morgan fingerprint density at radius 1 is 0.863 bits per heavy atom. The van der Waals surface area contributed by atoms with Gasteiger partial charge in [-0.2, -0.15) is 16.9 Å². The van der Waals surface area contributed by atoms with Crippen molar-refractivity contribution in [3.63, 3.8) is 0 Å². The lowest BCUT2D eigenvalue weighted by Gasteiger charge is -2.19. The van der Waals surface area contributed by atoms with Gasteiger partial charge in [-0.15, -0.1) is 11.3 Å². The van der Waals surface area contributed by atoms with Crippen molar-refractivity contribution in [3.05, 3.63) is 122 Å². The van der Waals surface area contributed by atoms with Crippen LogP contribution in [0.25, 0.3) is 0 Å². The number of urea groups is 1. The van der Waals surface area contributed by atoms with E-state index in [4.69, 9.17) is 16.3 Å². The SMILES string of the molecule is CCNC(=O)COc1ccc(CCNC(=O)N/N=C(/CSCc2ccccc2Cl)[C@H](CC)NC(=O)c2ccc(CCCc3ccccc3)s2)cc1. The zero-order chi connectivity index (χ0) is 36.3. The third kappa shape index (κ3) is 14.1. The maximum absolute atomic E-state index is 13.4. The molecule has 0 saturated heterocycles. The average molecular weight is 748 g/mol. The highest BCUT2D eigenvalue weighted by Gasteiger charge is 2.20. The summed E-state index contributed by atoms with van der Waals surface area (Å²) in [5.74, 6) is 1.41. The molecule has 1 atom stereocenters. The molecule has 0 bridgehead atoms. The third-order valence-corrected chi connectivity index (χ3v) is 10.4. The molecule has 0 radical (unpaired) electrons. The molecule has 0 aliphatic carbocycles. The summed E-state index contributed by atoms with van der Waals surface area (Å²) in [6.45, 7) is 4.74. The van der Waals surface area contributed by atoms with Crippen LogP contribution in [0.5, 0.6) is 5.75 Å². The first kappa shape index (κ1) is 39.5. The number of benzene rings is 3. The number of thiophene rings is 1. The number of aryl methyl sites for hydroxylation is 2. The highest BCUT2D eigenvalue weighted by Crippen LogP contribution is 2.22. The minimum absolute atomic E-state index is 0.0387. The van der Waals surface area contributed by atoms with Crippen LogP contribution in [0.4, 0.5) is 4.79 Å². The first-order chi connectivity index (χ1) is 24.8. The molecular weight excluding hydrogens is 702 g/mol. The topological polar surface area (TPSA) is 121 Å². The van der Waals surface area contributed by atoms with Crippen molar-refractivity contribution >= 4 is 58.3 Å². The zero-order valence-corrected chi connectivity index (χ0v) is 31.5. The summed E-state index contributed by atoms with van der Waals surface area (Å²) in [7, 11) is 0. The smallest absolute Gasteiger partial charge is 0.335 e. The Balaban J connectivity index is 1.31. The quantitative estimate of drug-likeness (QED) is 0.0554. The summed E-state index contributed by atoms with van der Waals surface area (Å²) in [6, 6.07) is 28.6. The van der Waals surface area contributed by atoms with E-state index in [0.29, 0.717) is 58.8 Å². The highest BCUT2D eigenvalue weighted by atomic mass is 35.5. The van der Waals surface area contributed by atoms with Crippen LogP contribution >= 0.6 is 34.7 Å². The van der Waals surface area contributed by atoms with Crippen LogP contribution < -0.4 is 26.1 Å². The van der Waals surface area contributed by atoms with E-state index < -0.39 is 6.03 Å². The summed E-state index contributed by atoms with van der Waals surface area (Å²) >= 11 is 9.51. The molecule has 4 N–H and O–H groups in total. The number of amides is 4. The molecule has 9 nitrogen and oxygen atoms in total. The molecule has 0 aliphatic heterocycles. The molecule has 3 aromatic carbocycles. The zero-order valence-electron chi connectivity index (χ0n) is 29.1. The summed E-state index contributed by atoms with van der Waals surface area (Å²) < 4.78 is 5.50. The van der Waals surface area contributed by atoms with E-state index in [9.17, 15) is 14.4 Å². The molecule has 270 valence electrons. The number of hydrogen-bond donors (Lipinski definition) is 4. The number of thioether (sulfide) groups is 1. The van der Waals surface area contributed by atoms with E-state index in [1.165, 1.54) is 21.8 Å². The third-order valence-electron chi connectivity index (χ3n) is 7.87. The van der Waals surface area contributed by atoms with Crippen molar-refractivity contribution in [3.8, 4) is 5.75 Å². The van der Waals surface area contributed by atoms with Gasteiger partial charge in [-0.05, 0) is 86.1 Å². The lowest BCUT2D eigenvalue weighted by Crippen LogP contribution is -2.43. The molecule has 0 saturated carbocycles. The fourth-order valence-corrected chi connectivity index (χ4v) is 7.40. The monoisotopic (exact) mass is 747 g/mol. The Labute approximate surface area is 314 Å². The van der Waals surface area contributed by atoms with Crippen molar-refractivity contribution in [2.24, 2.45) is 5.10 Å². The second-order valence-electron chi connectivity index (χ2n) is 11.7. The Morgan fingerprint density at radius 2 is 1.61 bits per heavy atom. The van der Waals surface area contributed by atoms with Crippen molar-refractivity contribution in [2.45, 2.75) is 57.7 Å². The van der Waals surface area contributed by atoms with Crippen LogP contribution in [0.1, 0.15) is 57.9 Å². The van der Waals surface area contributed by atoms with Crippen LogP contribution in [0, 0.1) is 0 Å². The van der Waals surface area contributed by atoms with Gasteiger partial charge in [-0.25, -0.2) is 10.2 Å². The van der Waals surface area contributed by atoms with Gasteiger partial charge in [0.1, 0.15) is 5.75 Å². The summed E-state index contributed by atoms with van der Waals surface area (Å²) in [4.78, 5) is 39.6. The first-order valence-electron chi connectivity index (χ1n) is 17.2. The van der Waals surface area contributed by atoms with Gasteiger partial charge in [0, 0.05) is 34.5 Å². The van der Waals surface area contributed by atoms with Crippen LogP contribution in [0.15, 0.2) is 96.1 Å². The Hall–Kier alpha value is -4.32. The van der Waals surface area contributed by atoms with Crippen molar-refractivity contribution in [1.29, 1.82) is 0 Å². The number of rotatable bonds is 20. The maximum atomic E-state index is 13.4. The molecular formula is C39H46ClN5O4S2. The molecule has 51 heavy (non-hydrogen) atoms. The second kappa shape index (κ2) is 21.8. The molecule has 4 rings (SSSR count). The van der Waals surface area contributed by atoms with Gasteiger partial charge in [0.25, 0.3) is 11.8 Å². The van der Waals surface area contributed by atoms with E-state index in [1.54, 1.807) is 23.9 Å². The molecule has 1 heterocycles. The van der Waals surface area contributed by atoms with Crippen LogP contribution in [-0.4, -0.2) is 55.0 Å². The number of nitrogens with zero attached hydrogens (tertiary/aromatic N) is 1. The summed E-state index contributed by atoms with van der Waals surface area (Å²) in [5.41, 5.74) is 6.61. The second-order valence-corrected chi connectivity index (χ2v) is 14.3. The van der Waals surface area contributed by atoms with Gasteiger partial charge in [0.2, 0.25) is 0 Å². The molecule has 4 aromatic rings. The molecule has 0 fully saturated rings. The minimum Gasteiger partial charge on any atom is -0.484 e. The molecule has 12 heteroatoms. The molecule has 0 aliphatic rings. The number of halogens is 1. The molecule has 1 aromatic heterocycles. The highest BCUT2D eigenvalue weighted by molar-refractivity contribution is 7.99. The van der Waals surface area contributed by atoms with E-state index in [-0.39, 0.29) is 24.5 Å². The van der Waals surface area contributed by atoms with Gasteiger partial charge in [-0.1, -0.05) is 79.2 Å². The summed E-state index contributed by atoms with van der Waals surface area (Å²) in [5, 5.41) is 13.9. The van der Waals surface area contributed by atoms with E-state index in [2.05, 4.69) is 50.7 Å². The Morgan fingerprint density at radius 3 is 2.35 bits per heavy atom. The largest absolute Gasteiger partial charge is 0.484 e. The Kier molecular flexibility index (Phi) is 16.9. The Bertz CT molecular complexity index is 1720. The van der Waals surface area contributed by atoms with Gasteiger partial charge in [0.05, 0.1) is 16.6 Å². The number of ether oxygens (including phenoxy) is 1. The predicted octanol–water partition coefficient (Wildman–Crippen LogP) is 7.43. The number of hydrazone groups is 1. The van der Waals surface area contributed by atoms with Gasteiger partial charge < -0.3 is 20.7 Å². The van der Waals surface area contributed by atoms with Crippen LogP contribution in [0.2, 0.25) is 5.02 Å². The first-order valence-corrected chi connectivity index (χ1v) is 19.5. The normalized spacial score (nSPS) is 11.8. The van der Waals surface area contributed by atoms with Crippen molar-refractivity contribution < 1.29 is 19.1 Å². The van der Waals surface area contributed by atoms with Crippen molar-refractivity contribution in [1.82, 2.24) is 21.4 Å². The van der Waals surface area contributed by atoms with E-state index in [0.717, 1.165) is 30.4 Å². The number of carbonyl (C=O) groups is 3. The lowest BCUT2D eigenvalue weighted by molar-refractivity contribution is -0.122. The summed E-state index contributed by atoms with van der Waals surface area (Å²) in [6.07, 6.45) is 4.11. The van der Waals surface area contributed by atoms with Crippen molar-refractivity contribution in [2.75, 3.05) is 25.4 Å². The fraction of sp³-hybridized carbons (Fsp3) is 0.333. The maximum Gasteiger partial charge on any atom is 0.335 e. The van der Waals surface area contributed by atoms with Gasteiger partial charge in [0.15, 0.2) is 6.61 Å². The van der Waals surface area contributed by atoms with Crippen LogP contribution in [-0.2, 0) is 29.8 Å².